The molecule has 0 aliphatic rings. The molecule has 0 aromatic heterocycles. The first-order valence-corrected chi connectivity index (χ1v) is 4.44. The molecule has 0 radical (unpaired) electrons. The van der Waals surface area contributed by atoms with Gasteiger partial charge in [-0.1, -0.05) is 32.6 Å². The summed E-state index contributed by atoms with van der Waals surface area (Å²) in [6.07, 6.45) is 5.64. The number of Topliss-reactive ketones (excluding diaryl/α,β-unsaturated/α-hetero) is 1. The van der Waals surface area contributed by atoms with Crippen molar-refractivity contribution in [3.05, 3.63) is 0 Å². The Kier molecular flexibility index (Phi) is 6.13. The Labute approximate surface area is 69.2 Å². The lowest BCUT2D eigenvalue weighted by atomic mass is 10.1. The molecule has 2 nitrogen and oxygen atoms in total. The number of hydrogen-bond acceptors (Lipinski definition) is 2. The van der Waals surface area contributed by atoms with Crippen LogP contribution >= 0.6 is 0 Å². The lowest BCUT2D eigenvalue weighted by molar-refractivity contribution is -0.118. The van der Waals surface area contributed by atoms with Crippen molar-refractivity contribution in [1.29, 1.82) is 0 Å². The van der Waals surface area contributed by atoms with Gasteiger partial charge in [-0.2, -0.15) is 0 Å². The third-order valence-electron chi connectivity index (χ3n) is 1.89. The average molecular weight is 157 g/mol. The summed E-state index contributed by atoms with van der Waals surface area (Å²) in [5, 5.41) is 0. The molecule has 0 unspecified atom stereocenters. The van der Waals surface area contributed by atoms with Gasteiger partial charge >= 0.3 is 0 Å². The zero-order valence-electron chi connectivity index (χ0n) is 7.60. The van der Waals surface area contributed by atoms with Crippen molar-refractivity contribution < 1.29 is 4.79 Å². The minimum atomic E-state index is -0.216. The lowest BCUT2D eigenvalue weighted by Crippen LogP contribution is -2.27. The van der Waals surface area contributed by atoms with Crippen molar-refractivity contribution in [3.63, 3.8) is 0 Å². The predicted octanol–water partition coefficient (Wildman–Crippen LogP) is 1.87. The Morgan fingerprint density at radius 2 is 2.00 bits per heavy atom. The number of ketones is 1. The first-order chi connectivity index (χ1) is 5.18. The summed E-state index contributed by atoms with van der Waals surface area (Å²) in [6, 6.07) is -0.216. The third-order valence-corrected chi connectivity index (χ3v) is 1.89. The highest BCUT2D eigenvalue weighted by Crippen LogP contribution is 2.04. The van der Waals surface area contributed by atoms with Gasteiger partial charge < -0.3 is 5.73 Å². The van der Waals surface area contributed by atoms with Crippen LogP contribution in [-0.2, 0) is 4.79 Å². The van der Waals surface area contributed by atoms with E-state index in [0.717, 1.165) is 12.8 Å². The minimum absolute atomic E-state index is 0.112. The molecular formula is C9H19NO. The zero-order valence-corrected chi connectivity index (χ0v) is 7.60. The molecule has 0 rings (SSSR count). The maximum absolute atomic E-state index is 10.7. The number of carbonyl (C=O) groups excluding carboxylic acids is 1. The van der Waals surface area contributed by atoms with Gasteiger partial charge in [0.15, 0.2) is 0 Å². The monoisotopic (exact) mass is 157 g/mol. The van der Waals surface area contributed by atoms with E-state index in [1.807, 2.05) is 0 Å². The highest BCUT2D eigenvalue weighted by atomic mass is 16.1. The Morgan fingerprint density at radius 1 is 1.36 bits per heavy atom. The van der Waals surface area contributed by atoms with E-state index in [-0.39, 0.29) is 11.8 Å². The first kappa shape index (κ1) is 10.6. The summed E-state index contributed by atoms with van der Waals surface area (Å²) < 4.78 is 0. The second-order valence-corrected chi connectivity index (χ2v) is 3.07. The van der Waals surface area contributed by atoms with Crippen molar-refractivity contribution in [2.45, 2.75) is 52.0 Å². The van der Waals surface area contributed by atoms with Gasteiger partial charge in [0.05, 0.1) is 6.04 Å². The quantitative estimate of drug-likeness (QED) is 0.598. The highest BCUT2D eigenvalue weighted by Gasteiger charge is 2.05. The van der Waals surface area contributed by atoms with Crippen LogP contribution in [0, 0.1) is 0 Å². The van der Waals surface area contributed by atoms with Crippen molar-refractivity contribution in [1.82, 2.24) is 0 Å². The molecule has 0 aliphatic carbocycles. The molecule has 66 valence electrons. The van der Waals surface area contributed by atoms with Crippen LogP contribution in [0.4, 0.5) is 0 Å². The van der Waals surface area contributed by atoms with Crippen molar-refractivity contribution in [3.8, 4) is 0 Å². The molecule has 0 aromatic carbocycles. The molecule has 2 N–H and O–H groups in total. The smallest absolute Gasteiger partial charge is 0.146 e. The van der Waals surface area contributed by atoms with E-state index in [9.17, 15) is 4.79 Å². The molecular weight excluding hydrogens is 138 g/mol. The van der Waals surface area contributed by atoms with Gasteiger partial charge in [0.25, 0.3) is 0 Å². The minimum Gasteiger partial charge on any atom is -0.322 e. The molecule has 0 fully saturated rings. The second-order valence-electron chi connectivity index (χ2n) is 3.07. The summed E-state index contributed by atoms with van der Waals surface area (Å²) in [5.41, 5.74) is 5.55. The number of nitrogens with two attached hydrogens (primary N) is 1. The van der Waals surface area contributed by atoms with Crippen LogP contribution in [-0.4, -0.2) is 11.8 Å². The van der Waals surface area contributed by atoms with E-state index < -0.39 is 0 Å². The molecule has 0 amide bonds. The molecule has 0 heterocycles. The molecule has 0 bridgehead atoms. The molecule has 2 heteroatoms. The maximum Gasteiger partial charge on any atom is 0.146 e. The largest absolute Gasteiger partial charge is 0.322 e. The van der Waals surface area contributed by atoms with Crippen molar-refractivity contribution >= 4 is 5.78 Å². The van der Waals surface area contributed by atoms with Gasteiger partial charge in [-0.25, -0.2) is 0 Å². The first-order valence-electron chi connectivity index (χ1n) is 4.44. The molecule has 1 atom stereocenters. The van der Waals surface area contributed by atoms with Crippen LogP contribution < -0.4 is 5.73 Å². The van der Waals surface area contributed by atoms with E-state index >= 15 is 0 Å². The van der Waals surface area contributed by atoms with E-state index in [4.69, 9.17) is 5.73 Å². The van der Waals surface area contributed by atoms with Crippen LogP contribution in [0.5, 0.6) is 0 Å². The van der Waals surface area contributed by atoms with Crippen molar-refractivity contribution in [2.75, 3.05) is 0 Å². The Bertz CT molecular complexity index is 112. The topological polar surface area (TPSA) is 43.1 Å². The van der Waals surface area contributed by atoms with Gasteiger partial charge in [-0.3, -0.25) is 4.79 Å². The third kappa shape index (κ3) is 6.05. The van der Waals surface area contributed by atoms with Gasteiger partial charge in [0.2, 0.25) is 0 Å². The molecule has 0 aromatic rings. The summed E-state index contributed by atoms with van der Waals surface area (Å²) in [7, 11) is 0. The second kappa shape index (κ2) is 6.35. The fourth-order valence-corrected chi connectivity index (χ4v) is 0.994. The lowest BCUT2D eigenvalue weighted by Gasteiger charge is -2.05. The summed E-state index contributed by atoms with van der Waals surface area (Å²) >= 11 is 0. The van der Waals surface area contributed by atoms with Gasteiger partial charge in [-0.05, 0) is 13.3 Å². The standard InChI is InChI=1S/C9H19NO/c1-3-4-5-6-7-9(10)8(2)11/h9H,3-7,10H2,1-2H3/t9-/m1/s1. The van der Waals surface area contributed by atoms with Gasteiger partial charge in [0.1, 0.15) is 5.78 Å². The van der Waals surface area contributed by atoms with Gasteiger partial charge in [0, 0.05) is 0 Å². The molecule has 0 saturated heterocycles. The molecule has 11 heavy (non-hydrogen) atoms. The normalized spacial score (nSPS) is 13.0. The summed E-state index contributed by atoms with van der Waals surface area (Å²) in [4.78, 5) is 10.7. The average Bonchev–Trinajstić information content (AvgIpc) is 1.97. The number of hydrogen-bond donors (Lipinski definition) is 1. The fraction of sp³-hybridized carbons (Fsp3) is 0.889. The Hall–Kier alpha value is -0.370. The van der Waals surface area contributed by atoms with Crippen LogP contribution in [0.25, 0.3) is 0 Å². The van der Waals surface area contributed by atoms with E-state index in [2.05, 4.69) is 6.92 Å². The molecule has 0 spiro atoms. The maximum atomic E-state index is 10.7. The van der Waals surface area contributed by atoms with Crippen LogP contribution in [0.2, 0.25) is 0 Å². The predicted molar refractivity (Wildman–Crippen MR) is 47.4 cm³/mol. The number of unbranched alkanes of at least 4 members (excludes halogenated alkanes) is 3. The molecule has 0 aliphatic heterocycles. The van der Waals surface area contributed by atoms with E-state index in [1.54, 1.807) is 6.92 Å². The van der Waals surface area contributed by atoms with E-state index in [1.165, 1.54) is 19.3 Å². The Morgan fingerprint density at radius 3 is 2.45 bits per heavy atom. The van der Waals surface area contributed by atoms with Crippen molar-refractivity contribution in [2.24, 2.45) is 5.73 Å². The zero-order chi connectivity index (χ0) is 8.69. The Balaban J connectivity index is 3.17. The number of rotatable bonds is 6. The highest BCUT2D eigenvalue weighted by molar-refractivity contribution is 5.80. The van der Waals surface area contributed by atoms with Crippen LogP contribution in [0.15, 0.2) is 0 Å². The fourth-order valence-electron chi connectivity index (χ4n) is 0.994. The van der Waals surface area contributed by atoms with E-state index in [0.29, 0.717) is 0 Å². The number of carbonyl (C=O) groups is 1. The summed E-state index contributed by atoms with van der Waals surface area (Å²) in [5.74, 6) is 0.112. The van der Waals surface area contributed by atoms with Gasteiger partial charge in [-0.15, -0.1) is 0 Å². The SMILES string of the molecule is CCCCCC[C@@H](N)C(C)=O. The summed E-state index contributed by atoms with van der Waals surface area (Å²) in [6.45, 7) is 3.73. The van der Waals surface area contributed by atoms with Crippen LogP contribution in [0.1, 0.15) is 46.0 Å². The van der Waals surface area contributed by atoms with Crippen LogP contribution in [0.3, 0.4) is 0 Å². The molecule has 0 saturated carbocycles.